The van der Waals surface area contributed by atoms with E-state index in [1.807, 2.05) is 14.0 Å². The van der Waals surface area contributed by atoms with Crippen LogP contribution in [0.3, 0.4) is 0 Å². The summed E-state index contributed by atoms with van der Waals surface area (Å²) in [6.45, 7) is 2.08. The van der Waals surface area contributed by atoms with Crippen molar-refractivity contribution in [2.45, 2.75) is 42.1 Å². The fourth-order valence-electron chi connectivity index (χ4n) is 3.39. The van der Waals surface area contributed by atoms with Crippen LogP contribution in [0.4, 0.5) is 30.6 Å². The molecule has 1 saturated carbocycles. The Labute approximate surface area is 170 Å². The Hall–Kier alpha value is -2.49. The molecule has 0 atom stereocenters. The molecule has 1 aliphatic heterocycles. The molecule has 2 heterocycles. The number of amides is 1. The minimum atomic E-state index is -4.31. The molecular formula is C19H20F3N5OS. The molecule has 154 valence electrons. The van der Waals surface area contributed by atoms with E-state index in [2.05, 4.69) is 20.6 Å². The number of anilines is 3. The number of hydrogen-bond acceptors (Lipinski definition) is 6. The second-order valence-electron chi connectivity index (χ2n) is 7.31. The predicted molar refractivity (Wildman–Crippen MR) is 106 cm³/mol. The summed E-state index contributed by atoms with van der Waals surface area (Å²) in [7, 11) is 1.81. The number of carbonyl (C=O) groups is 1. The lowest BCUT2D eigenvalue weighted by Crippen LogP contribution is -2.39. The number of alkyl halides is 3. The van der Waals surface area contributed by atoms with E-state index < -0.39 is 11.7 Å². The van der Waals surface area contributed by atoms with Crippen molar-refractivity contribution >= 4 is 35.1 Å². The number of hydrogen-bond donors (Lipinski definition) is 2. The van der Waals surface area contributed by atoms with Crippen molar-refractivity contribution < 1.29 is 18.0 Å². The minimum Gasteiger partial charge on any atom is -0.351 e. The first-order chi connectivity index (χ1) is 13.7. The summed E-state index contributed by atoms with van der Waals surface area (Å²) < 4.78 is 37.9. The molecule has 4 rings (SSSR count). The molecule has 2 aromatic rings. The second kappa shape index (κ2) is 7.40. The lowest BCUT2D eigenvalue weighted by atomic mass is 9.92. The molecule has 0 unspecified atom stereocenters. The zero-order valence-electron chi connectivity index (χ0n) is 15.9. The Bertz CT molecular complexity index is 929. The molecular weight excluding hydrogens is 403 g/mol. The summed E-state index contributed by atoms with van der Waals surface area (Å²) in [5, 5.41) is 6.47. The molecule has 1 fully saturated rings. The van der Waals surface area contributed by atoms with E-state index in [0.29, 0.717) is 28.4 Å². The fourth-order valence-corrected chi connectivity index (χ4v) is 4.73. The van der Waals surface area contributed by atoms with Crippen LogP contribution in [0.25, 0.3) is 0 Å². The van der Waals surface area contributed by atoms with Gasteiger partial charge in [0, 0.05) is 23.2 Å². The highest BCUT2D eigenvalue weighted by atomic mass is 32.2. The van der Waals surface area contributed by atoms with Crippen LogP contribution in [0.5, 0.6) is 0 Å². The van der Waals surface area contributed by atoms with Crippen LogP contribution in [0.1, 0.15) is 24.1 Å². The number of halogens is 3. The third-order valence-electron chi connectivity index (χ3n) is 4.99. The van der Waals surface area contributed by atoms with Gasteiger partial charge in [-0.05, 0) is 44.0 Å². The molecule has 1 aromatic heterocycles. The minimum absolute atomic E-state index is 0.0884. The van der Waals surface area contributed by atoms with Gasteiger partial charge in [0.1, 0.15) is 5.69 Å². The van der Waals surface area contributed by atoms with Gasteiger partial charge in [0.25, 0.3) is 0 Å². The molecule has 2 N–H and O–H groups in total. The van der Waals surface area contributed by atoms with E-state index in [-0.39, 0.29) is 18.5 Å². The Kier molecular flexibility index (Phi) is 5.05. The maximum atomic E-state index is 12.6. The van der Waals surface area contributed by atoms with Gasteiger partial charge in [-0.15, -0.1) is 11.8 Å². The summed E-state index contributed by atoms with van der Waals surface area (Å²) >= 11 is 1.59. The lowest BCUT2D eigenvalue weighted by molar-refractivity contribution is -0.137. The first-order valence-corrected chi connectivity index (χ1v) is 10.1. The van der Waals surface area contributed by atoms with Crippen LogP contribution in [-0.4, -0.2) is 40.8 Å². The van der Waals surface area contributed by atoms with Crippen LogP contribution < -0.4 is 15.5 Å². The third-order valence-corrected chi connectivity index (χ3v) is 6.25. The first-order valence-electron chi connectivity index (χ1n) is 9.19. The number of benzene rings is 1. The molecule has 0 bridgehead atoms. The highest BCUT2D eigenvalue weighted by Gasteiger charge is 2.33. The van der Waals surface area contributed by atoms with Gasteiger partial charge in [0.05, 0.1) is 17.8 Å². The second-order valence-corrected chi connectivity index (χ2v) is 8.68. The Morgan fingerprint density at radius 1 is 1.21 bits per heavy atom. The fraction of sp³-hybridized carbons (Fsp3) is 0.421. The largest absolute Gasteiger partial charge is 0.416 e. The van der Waals surface area contributed by atoms with E-state index in [9.17, 15) is 18.0 Å². The molecule has 1 amide bonds. The van der Waals surface area contributed by atoms with Crippen molar-refractivity contribution in [3.8, 4) is 0 Å². The highest BCUT2D eigenvalue weighted by molar-refractivity contribution is 8.00. The zero-order chi connectivity index (χ0) is 20.8. The maximum Gasteiger partial charge on any atom is 0.416 e. The van der Waals surface area contributed by atoms with Crippen LogP contribution >= 0.6 is 11.8 Å². The van der Waals surface area contributed by atoms with Crippen molar-refractivity contribution in [3.63, 3.8) is 0 Å². The Morgan fingerprint density at radius 2 is 1.90 bits per heavy atom. The summed E-state index contributed by atoms with van der Waals surface area (Å²) in [6, 6.07) is 5.50. The average molecular weight is 423 g/mol. The monoisotopic (exact) mass is 423 g/mol. The van der Waals surface area contributed by atoms with Crippen LogP contribution in [0.15, 0.2) is 29.2 Å². The molecule has 10 heteroatoms. The summed E-state index contributed by atoms with van der Waals surface area (Å²) in [5.74, 6) is 1.12. The van der Waals surface area contributed by atoms with Gasteiger partial charge in [-0.1, -0.05) is 0 Å². The number of nitrogens with zero attached hydrogens (tertiary/aromatic N) is 3. The summed E-state index contributed by atoms with van der Waals surface area (Å²) in [4.78, 5) is 23.3. The average Bonchev–Trinajstić information content (AvgIpc) is 2.60. The van der Waals surface area contributed by atoms with Gasteiger partial charge in [-0.25, -0.2) is 4.98 Å². The van der Waals surface area contributed by atoms with Crippen molar-refractivity contribution in [3.05, 3.63) is 35.5 Å². The molecule has 0 spiro atoms. The first kappa shape index (κ1) is 19.8. The Morgan fingerprint density at radius 3 is 2.55 bits per heavy atom. The number of rotatable bonds is 4. The molecule has 2 aliphatic rings. The summed E-state index contributed by atoms with van der Waals surface area (Å²) in [5.41, 5.74) is 0.710. The lowest BCUT2D eigenvalue weighted by Gasteiger charge is -2.36. The van der Waals surface area contributed by atoms with Crippen molar-refractivity contribution in [1.29, 1.82) is 0 Å². The topological polar surface area (TPSA) is 70.1 Å². The highest BCUT2D eigenvalue weighted by Crippen LogP contribution is 2.39. The van der Waals surface area contributed by atoms with E-state index in [1.54, 1.807) is 16.7 Å². The van der Waals surface area contributed by atoms with Crippen molar-refractivity contribution in [2.75, 3.05) is 29.1 Å². The van der Waals surface area contributed by atoms with Crippen LogP contribution in [0.2, 0.25) is 0 Å². The molecule has 0 radical (unpaired) electrons. The number of likely N-dealkylation sites (N-methyl/N-ethyl adjacent to an activating group) is 1. The molecule has 29 heavy (non-hydrogen) atoms. The molecule has 6 nitrogen and oxygen atoms in total. The van der Waals surface area contributed by atoms with E-state index in [0.717, 1.165) is 29.9 Å². The normalized spacial score (nSPS) is 21.3. The SMILES string of the molecule is Cc1nc(NC2CC(Sc3ccc(C(F)(F)F)cc3)C2)nc2c1NC(=O)CN2C. The van der Waals surface area contributed by atoms with Gasteiger partial charge < -0.3 is 15.5 Å². The quantitative estimate of drug-likeness (QED) is 0.777. The molecule has 0 saturated heterocycles. The van der Waals surface area contributed by atoms with Crippen molar-refractivity contribution in [1.82, 2.24) is 9.97 Å². The number of nitrogens with one attached hydrogen (secondary N) is 2. The van der Waals surface area contributed by atoms with Gasteiger partial charge in [-0.2, -0.15) is 18.2 Å². The van der Waals surface area contributed by atoms with Gasteiger partial charge in [0.15, 0.2) is 5.82 Å². The van der Waals surface area contributed by atoms with Crippen LogP contribution in [-0.2, 0) is 11.0 Å². The molecule has 1 aromatic carbocycles. The van der Waals surface area contributed by atoms with E-state index >= 15 is 0 Å². The van der Waals surface area contributed by atoms with Gasteiger partial charge >= 0.3 is 6.18 Å². The number of carbonyl (C=O) groups excluding carboxylic acids is 1. The molecule has 1 aliphatic carbocycles. The summed E-state index contributed by atoms with van der Waals surface area (Å²) in [6.07, 6.45) is -2.56. The zero-order valence-corrected chi connectivity index (χ0v) is 16.7. The third kappa shape index (κ3) is 4.26. The van der Waals surface area contributed by atoms with E-state index in [1.165, 1.54) is 12.1 Å². The van der Waals surface area contributed by atoms with Crippen LogP contribution in [0, 0.1) is 6.92 Å². The van der Waals surface area contributed by atoms with Crippen molar-refractivity contribution in [2.24, 2.45) is 0 Å². The predicted octanol–water partition coefficient (Wildman–Crippen LogP) is 3.93. The van der Waals surface area contributed by atoms with Gasteiger partial charge in [-0.3, -0.25) is 4.79 Å². The Balaban J connectivity index is 1.34. The number of aromatic nitrogens is 2. The number of fused-ring (bicyclic) bond motifs is 1. The van der Waals surface area contributed by atoms with E-state index in [4.69, 9.17) is 0 Å². The number of aryl methyl sites for hydroxylation is 1. The number of thioether (sulfide) groups is 1. The van der Waals surface area contributed by atoms with Gasteiger partial charge in [0.2, 0.25) is 11.9 Å². The standard InChI is InChI=1S/C19H20F3N5OS/c1-10-16-17(27(2)9-15(28)25-16)26-18(23-10)24-12-7-14(8-12)29-13-5-3-11(4-6-13)19(20,21)22/h3-6,12,14H,7-9H2,1-2H3,(H,25,28)(H,23,24,26). The maximum absolute atomic E-state index is 12.6. The smallest absolute Gasteiger partial charge is 0.351 e.